The molecule has 0 saturated carbocycles. The zero-order valence-electron chi connectivity index (χ0n) is 10.5. The standard InChI is InChI=1S/C11H16N2O5/c1-11(2,10(15)16)4-5-12-9(14)7-6-8(17-3)13-18-7/h6H,4-5H2,1-3H3,(H,12,14)(H,15,16). The van der Waals surface area contributed by atoms with Gasteiger partial charge in [-0.1, -0.05) is 0 Å². The van der Waals surface area contributed by atoms with E-state index in [9.17, 15) is 9.59 Å². The molecule has 1 heterocycles. The molecule has 18 heavy (non-hydrogen) atoms. The Morgan fingerprint density at radius 2 is 2.22 bits per heavy atom. The average Bonchev–Trinajstić information content (AvgIpc) is 2.76. The van der Waals surface area contributed by atoms with Gasteiger partial charge in [-0.05, 0) is 25.4 Å². The number of amides is 1. The van der Waals surface area contributed by atoms with Crippen LogP contribution in [0.4, 0.5) is 0 Å². The molecule has 7 heteroatoms. The fourth-order valence-corrected chi connectivity index (χ4v) is 1.14. The van der Waals surface area contributed by atoms with Crippen LogP contribution in [-0.2, 0) is 4.79 Å². The van der Waals surface area contributed by atoms with E-state index < -0.39 is 17.3 Å². The number of carbonyl (C=O) groups is 2. The van der Waals surface area contributed by atoms with Crippen molar-refractivity contribution in [2.24, 2.45) is 5.41 Å². The van der Waals surface area contributed by atoms with Gasteiger partial charge in [0.15, 0.2) is 0 Å². The van der Waals surface area contributed by atoms with Crippen LogP contribution in [-0.4, -0.2) is 35.8 Å². The Balaban J connectivity index is 2.45. The minimum absolute atomic E-state index is 0.0278. The molecule has 1 rings (SSSR count). The van der Waals surface area contributed by atoms with Gasteiger partial charge in [0.05, 0.1) is 18.6 Å². The number of carbonyl (C=O) groups excluding carboxylic acids is 1. The van der Waals surface area contributed by atoms with Crippen LogP contribution in [0.3, 0.4) is 0 Å². The van der Waals surface area contributed by atoms with Crippen LogP contribution in [0.25, 0.3) is 0 Å². The summed E-state index contributed by atoms with van der Waals surface area (Å²) in [4.78, 5) is 22.4. The number of nitrogens with one attached hydrogen (secondary N) is 1. The molecule has 0 aromatic carbocycles. The quantitative estimate of drug-likeness (QED) is 0.784. The third-order valence-corrected chi connectivity index (χ3v) is 2.54. The topological polar surface area (TPSA) is 102 Å². The molecule has 0 saturated heterocycles. The second-order valence-electron chi connectivity index (χ2n) is 4.43. The fraction of sp³-hybridized carbons (Fsp3) is 0.545. The van der Waals surface area contributed by atoms with Crippen LogP contribution in [0.2, 0.25) is 0 Å². The van der Waals surface area contributed by atoms with E-state index in [-0.39, 0.29) is 18.2 Å². The van der Waals surface area contributed by atoms with E-state index in [4.69, 9.17) is 14.4 Å². The predicted octanol–water partition coefficient (Wildman–Crippen LogP) is 0.914. The zero-order valence-corrected chi connectivity index (χ0v) is 10.5. The summed E-state index contributed by atoms with van der Waals surface area (Å²) in [6.45, 7) is 3.43. The van der Waals surface area contributed by atoms with Gasteiger partial charge in [0.1, 0.15) is 0 Å². The maximum Gasteiger partial charge on any atom is 0.309 e. The number of hydrogen-bond donors (Lipinski definition) is 2. The first-order valence-electron chi connectivity index (χ1n) is 5.39. The number of methoxy groups -OCH3 is 1. The number of carboxylic acid groups (broad SMARTS) is 1. The van der Waals surface area contributed by atoms with E-state index in [0.29, 0.717) is 6.42 Å². The molecule has 7 nitrogen and oxygen atoms in total. The lowest BCUT2D eigenvalue weighted by Crippen LogP contribution is -2.31. The molecule has 2 N–H and O–H groups in total. The number of aliphatic carboxylic acids is 1. The third kappa shape index (κ3) is 3.47. The Kier molecular flexibility index (Phi) is 4.30. The minimum Gasteiger partial charge on any atom is -0.481 e. The van der Waals surface area contributed by atoms with E-state index in [1.54, 1.807) is 13.8 Å². The Hall–Kier alpha value is -2.05. The molecule has 0 atom stereocenters. The van der Waals surface area contributed by atoms with Crippen molar-refractivity contribution in [2.75, 3.05) is 13.7 Å². The van der Waals surface area contributed by atoms with Crippen molar-refractivity contribution in [3.05, 3.63) is 11.8 Å². The minimum atomic E-state index is -0.905. The maximum absolute atomic E-state index is 11.6. The lowest BCUT2D eigenvalue weighted by molar-refractivity contribution is -0.147. The first-order valence-corrected chi connectivity index (χ1v) is 5.39. The average molecular weight is 256 g/mol. The molecule has 1 amide bonds. The highest BCUT2D eigenvalue weighted by Gasteiger charge is 2.26. The monoisotopic (exact) mass is 256 g/mol. The summed E-state index contributed by atoms with van der Waals surface area (Å²) in [6.07, 6.45) is 0.319. The van der Waals surface area contributed by atoms with Gasteiger partial charge in [0.25, 0.3) is 11.8 Å². The van der Waals surface area contributed by atoms with E-state index in [1.807, 2.05) is 0 Å². The van der Waals surface area contributed by atoms with E-state index in [0.717, 1.165) is 0 Å². The molecular weight excluding hydrogens is 240 g/mol. The molecule has 1 aromatic rings. The van der Waals surface area contributed by atoms with Crippen molar-refractivity contribution >= 4 is 11.9 Å². The van der Waals surface area contributed by atoms with Crippen molar-refractivity contribution in [1.29, 1.82) is 0 Å². The summed E-state index contributed by atoms with van der Waals surface area (Å²) in [6, 6.07) is 1.36. The van der Waals surface area contributed by atoms with Gasteiger partial charge >= 0.3 is 5.97 Å². The number of ether oxygens (including phenoxy) is 1. The van der Waals surface area contributed by atoms with E-state index in [1.165, 1.54) is 13.2 Å². The van der Waals surface area contributed by atoms with Crippen LogP contribution in [0.15, 0.2) is 10.6 Å². The van der Waals surface area contributed by atoms with Gasteiger partial charge in [0, 0.05) is 6.54 Å². The van der Waals surface area contributed by atoms with Crippen LogP contribution in [0, 0.1) is 5.41 Å². The van der Waals surface area contributed by atoms with Gasteiger partial charge in [-0.25, -0.2) is 0 Å². The highest BCUT2D eigenvalue weighted by molar-refractivity contribution is 5.91. The summed E-state index contributed by atoms with van der Waals surface area (Å²) in [7, 11) is 1.41. The van der Waals surface area contributed by atoms with Crippen molar-refractivity contribution < 1.29 is 24.0 Å². The van der Waals surface area contributed by atoms with Crippen LogP contribution < -0.4 is 10.1 Å². The van der Waals surface area contributed by atoms with Crippen LogP contribution in [0.5, 0.6) is 5.88 Å². The molecule has 0 fully saturated rings. The van der Waals surface area contributed by atoms with E-state index >= 15 is 0 Å². The predicted molar refractivity (Wildman–Crippen MR) is 61.4 cm³/mol. The van der Waals surface area contributed by atoms with Gasteiger partial charge in [-0.2, -0.15) is 0 Å². The number of nitrogens with zero attached hydrogens (tertiary/aromatic N) is 1. The molecule has 0 aliphatic carbocycles. The highest BCUT2D eigenvalue weighted by atomic mass is 16.5. The molecule has 100 valence electrons. The largest absolute Gasteiger partial charge is 0.481 e. The van der Waals surface area contributed by atoms with Crippen molar-refractivity contribution in [3.8, 4) is 5.88 Å². The third-order valence-electron chi connectivity index (χ3n) is 2.54. The van der Waals surface area contributed by atoms with Crippen molar-refractivity contribution in [1.82, 2.24) is 10.5 Å². The zero-order chi connectivity index (χ0) is 13.8. The smallest absolute Gasteiger partial charge is 0.309 e. The maximum atomic E-state index is 11.6. The summed E-state index contributed by atoms with van der Waals surface area (Å²) in [5.41, 5.74) is -0.883. The lowest BCUT2D eigenvalue weighted by atomic mass is 9.90. The van der Waals surface area contributed by atoms with Crippen molar-refractivity contribution in [2.45, 2.75) is 20.3 Å². The molecule has 0 aliphatic rings. The summed E-state index contributed by atoms with van der Waals surface area (Å²) >= 11 is 0. The first-order chi connectivity index (χ1) is 8.36. The normalized spacial score (nSPS) is 11.1. The van der Waals surface area contributed by atoms with Crippen LogP contribution >= 0.6 is 0 Å². The summed E-state index contributed by atoms with van der Waals surface area (Å²) < 4.78 is 9.52. The molecule has 0 spiro atoms. The Bertz CT molecular complexity index is 438. The van der Waals surface area contributed by atoms with E-state index in [2.05, 4.69) is 10.5 Å². The number of rotatable bonds is 6. The second kappa shape index (κ2) is 5.52. The van der Waals surface area contributed by atoms with Gasteiger partial charge < -0.3 is 19.7 Å². The molecular formula is C11H16N2O5. The molecule has 1 aromatic heterocycles. The summed E-state index contributed by atoms with van der Waals surface area (Å²) in [5.74, 6) is -1.11. The Morgan fingerprint density at radius 3 is 2.72 bits per heavy atom. The lowest BCUT2D eigenvalue weighted by Gasteiger charge is -2.18. The second-order valence-corrected chi connectivity index (χ2v) is 4.43. The molecule has 0 aliphatic heterocycles. The SMILES string of the molecule is COc1cc(C(=O)NCCC(C)(C)C(=O)O)on1. The Morgan fingerprint density at radius 1 is 1.56 bits per heavy atom. The summed E-state index contributed by atoms with van der Waals surface area (Å²) in [5, 5.41) is 14.9. The Labute approximate surface area is 104 Å². The van der Waals surface area contributed by atoms with Gasteiger partial charge in [-0.3, -0.25) is 9.59 Å². The molecule has 0 bridgehead atoms. The number of hydrogen-bond acceptors (Lipinski definition) is 5. The van der Waals surface area contributed by atoms with Crippen molar-refractivity contribution in [3.63, 3.8) is 0 Å². The molecule has 0 unspecified atom stereocenters. The van der Waals surface area contributed by atoms with Gasteiger partial charge in [-0.15, -0.1) is 0 Å². The molecule has 0 radical (unpaired) electrons. The highest BCUT2D eigenvalue weighted by Crippen LogP contribution is 2.19. The number of carboxylic acids is 1. The van der Waals surface area contributed by atoms with Gasteiger partial charge in [0.2, 0.25) is 5.76 Å². The number of aromatic nitrogens is 1. The first kappa shape index (κ1) is 14.0. The van der Waals surface area contributed by atoms with Crippen LogP contribution in [0.1, 0.15) is 30.8 Å². The fourth-order valence-electron chi connectivity index (χ4n) is 1.14.